The van der Waals surface area contributed by atoms with Crippen LogP contribution in [0.5, 0.6) is 11.5 Å². The zero-order chi connectivity index (χ0) is 13.9. The van der Waals surface area contributed by atoms with E-state index in [2.05, 4.69) is 10.2 Å². The summed E-state index contributed by atoms with van der Waals surface area (Å²) in [6.07, 6.45) is 1.47. The van der Waals surface area contributed by atoms with E-state index in [0.29, 0.717) is 16.8 Å². The summed E-state index contributed by atoms with van der Waals surface area (Å²) in [5, 5.41) is 8.63. The van der Waals surface area contributed by atoms with Gasteiger partial charge in [-0.1, -0.05) is 18.2 Å². The first-order valence-corrected chi connectivity index (χ1v) is 6.14. The molecule has 0 spiro atoms. The molecule has 0 saturated heterocycles. The van der Waals surface area contributed by atoms with E-state index in [0.717, 1.165) is 5.39 Å². The largest absolute Gasteiger partial charge is 0.452 e. The molecule has 3 rings (SSSR count). The number of rotatable bonds is 3. The quantitative estimate of drug-likeness (QED) is 0.794. The van der Waals surface area contributed by atoms with Gasteiger partial charge in [0.2, 0.25) is 0 Å². The summed E-state index contributed by atoms with van der Waals surface area (Å²) in [6, 6.07) is 12.1. The van der Waals surface area contributed by atoms with Gasteiger partial charge in [-0.05, 0) is 29.8 Å². The fourth-order valence-electron chi connectivity index (χ4n) is 1.94. The summed E-state index contributed by atoms with van der Waals surface area (Å²) in [5.41, 5.74) is 6.88. The maximum absolute atomic E-state index is 13.9. The Labute approximate surface area is 115 Å². The molecule has 0 amide bonds. The van der Waals surface area contributed by atoms with Crippen LogP contribution in [-0.4, -0.2) is 10.2 Å². The summed E-state index contributed by atoms with van der Waals surface area (Å²) in [6.45, 7) is 0.289. The van der Waals surface area contributed by atoms with Crippen molar-refractivity contribution < 1.29 is 9.13 Å². The van der Waals surface area contributed by atoms with E-state index in [9.17, 15) is 4.39 Å². The van der Waals surface area contributed by atoms with Gasteiger partial charge < -0.3 is 10.5 Å². The molecule has 0 saturated carbocycles. The Morgan fingerprint density at radius 1 is 1.10 bits per heavy atom. The first-order chi connectivity index (χ1) is 9.78. The molecular weight excluding hydrogens is 257 g/mol. The van der Waals surface area contributed by atoms with Crippen molar-refractivity contribution >= 4 is 10.9 Å². The molecule has 1 aromatic heterocycles. The average molecular weight is 269 g/mol. The van der Waals surface area contributed by atoms with Crippen LogP contribution in [0.3, 0.4) is 0 Å². The molecule has 0 fully saturated rings. The number of hydrogen-bond acceptors (Lipinski definition) is 4. The average Bonchev–Trinajstić information content (AvgIpc) is 2.49. The van der Waals surface area contributed by atoms with E-state index in [1.54, 1.807) is 12.1 Å². The lowest BCUT2D eigenvalue weighted by molar-refractivity contribution is 0.443. The van der Waals surface area contributed by atoms with E-state index in [4.69, 9.17) is 10.5 Å². The standard InChI is InChI=1S/C15H12FN3O/c16-12-7-10(8-17)5-6-14(12)20-15-9-18-19-13-4-2-1-3-11(13)15/h1-7,9H,8,17H2. The van der Waals surface area contributed by atoms with Gasteiger partial charge in [0.25, 0.3) is 0 Å². The summed E-state index contributed by atoms with van der Waals surface area (Å²) in [7, 11) is 0. The Kier molecular flexibility index (Phi) is 3.26. The number of fused-ring (bicyclic) bond motifs is 1. The van der Waals surface area contributed by atoms with Gasteiger partial charge in [-0.2, -0.15) is 10.2 Å². The molecule has 4 nitrogen and oxygen atoms in total. The Hall–Kier alpha value is -2.53. The molecule has 5 heteroatoms. The highest BCUT2D eigenvalue weighted by atomic mass is 19.1. The molecule has 1 heterocycles. The Bertz CT molecular complexity index is 756. The molecule has 0 aliphatic rings. The van der Waals surface area contributed by atoms with Crippen LogP contribution in [0.1, 0.15) is 5.56 Å². The maximum Gasteiger partial charge on any atom is 0.166 e. The van der Waals surface area contributed by atoms with E-state index >= 15 is 0 Å². The van der Waals surface area contributed by atoms with Gasteiger partial charge in [0.05, 0.1) is 11.7 Å². The number of aromatic nitrogens is 2. The lowest BCUT2D eigenvalue weighted by Gasteiger charge is -2.09. The lowest BCUT2D eigenvalue weighted by atomic mass is 10.2. The summed E-state index contributed by atoms with van der Waals surface area (Å²) < 4.78 is 19.5. The van der Waals surface area contributed by atoms with Gasteiger partial charge in [-0.3, -0.25) is 0 Å². The predicted molar refractivity (Wildman–Crippen MR) is 73.9 cm³/mol. The molecule has 0 unspecified atom stereocenters. The van der Waals surface area contributed by atoms with Crippen molar-refractivity contribution in [3.63, 3.8) is 0 Å². The van der Waals surface area contributed by atoms with Gasteiger partial charge in [0.15, 0.2) is 17.3 Å². The van der Waals surface area contributed by atoms with Gasteiger partial charge >= 0.3 is 0 Å². The zero-order valence-electron chi connectivity index (χ0n) is 10.6. The number of nitrogens with zero attached hydrogens (tertiary/aromatic N) is 2. The minimum Gasteiger partial charge on any atom is -0.452 e. The second-order valence-corrected chi connectivity index (χ2v) is 4.30. The number of benzene rings is 2. The molecule has 0 aliphatic carbocycles. The van der Waals surface area contributed by atoms with Crippen LogP contribution in [-0.2, 0) is 6.54 Å². The highest BCUT2D eigenvalue weighted by Crippen LogP contribution is 2.29. The second-order valence-electron chi connectivity index (χ2n) is 4.30. The highest BCUT2D eigenvalue weighted by Gasteiger charge is 2.09. The van der Waals surface area contributed by atoms with Crippen LogP contribution in [0.15, 0.2) is 48.7 Å². The van der Waals surface area contributed by atoms with Crippen LogP contribution < -0.4 is 10.5 Å². The molecule has 2 N–H and O–H groups in total. The Balaban J connectivity index is 2.01. The van der Waals surface area contributed by atoms with Gasteiger partial charge in [0, 0.05) is 11.9 Å². The molecule has 0 bridgehead atoms. The predicted octanol–water partition coefficient (Wildman–Crippen LogP) is 3.02. The SMILES string of the molecule is NCc1ccc(Oc2cnnc3ccccc23)c(F)c1. The van der Waals surface area contributed by atoms with Crippen molar-refractivity contribution in [3.8, 4) is 11.5 Å². The fraction of sp³-hybridized carbons (Fsp3) is 0.0667. The van der Waals surface area contributed by atoms with E-state index in [1.807, 2.05) is 24.3 Å². The van der Waals surface area contributed by atoms with Crippen molar-refractivity contribution in [3.05, 3.63) is 60.0 Å². The molecule has 0 radical (unpaired) electrons. The third kappa shape index (κ3) is 2.31. The Morgan fingerprint density at radius 2 is 1.95 bits per heavy atom. The normalized spacial score (nSPS) is 10.7. The number of halogens is 1. The summed E-state index contributed by atoms with van der Waals surface area (Å²) in [5.74, 6) is 0.157. The first kappa shape index (κ1) is 12.5. The van der Waals surface area contributed by atoms with Crippen LogP contribution in [0.25, 0.3) is 10.9 Å². The van der Waals surface area contributed by atoms with Gasteiger partial charge in [-0.15, -0.1) is 0 Å². The van der Waals surface area contributed by atoms with Crippen molar-refractivity contribution in [1.29, 1.82) is 0 Å². The Morgan fingerprint density at radius 3 is 2.75 bits per heavy atom. The molecule has 2 aromatic carbocycles. The smallest absolute Gasteiger partial charge is 0.166 e. The van der Waals surface area contributed by atoms with Crippen LogP contribution in [0.4, 0.5) is 4.39 Å². The minimum absolute atomic E-state index is 0.139. The summed E-state index contributed by atoms with van der Waals surface area (Å²) in [4.78, 5) is 0. The van der Waals surface area contributed by atoms with Crippen molar-refractivity contribution in [2.24, 2.45) is 5.73 Å². The third-order valence-corrected chi connectivity index (χ3v) is 2.96. The third-order valence-electron chi connectivity index (χ3n) is 2.96. The zero-order valence-corrected chi connectivity index (χ0v) is 10.6. The molecule has 20 heavy (non-hydrogen) atoms. The number of hydrogen-bond donors (Lipinski definition) is 1. The van der Waals surface area contributed by atoms with E-state index in [-0.39, 0.29) is 12.3 Å². The highest BCUT2D eigenvalue weighted by molar-refractivity contribution is 5.84. The minimum atomic E-state index is -0.450. The van der Waals surface area contributed by atoms with Crippen molar-refractivity contribution in [2.75, 3.05) is 0 Å². The summed E-state index contributed by atoms with van der Waals surface area (Å²) >= 11 is 0. The molecule has 0 atom stereocenters. The number of ether oxygens (including phenoxy) is 1. The van der Waals surface area contributed by atoms with Crippen LogP contribution >= 0.6 is 0 Å². The molecule has 100 valence electrons. The fourth-order valence-corrected chi connectivity index (χ4v) is 1.94. The van der Waals surface area contributed by atoms with Gasteiger partial charge in [0.1, 0.15) is 0 Å². The monoisotopic (exact) mass is 269 g/mol. The molecule has 0 aliphatic heterocycles. The van der Waals surface area contributed by atoms with Crippen molar-refractivity contribution in [1.82, 2.24) is 10.2 Å². The van der Waals surface area contributed by atoms with Crippen LogP contribution in [0, 0.1) is 5.82 Å². The molecule has 3 aromatic rings. The van der Waals surface area contributed by atoms with Gasteiger partial charge in [-0.25, -0.2) is 4.39 Å². The van der Waals surface area contributed by atoms with E-state index < -0.39 is 5.82 Å². The number of nitrogens with two attached hydrogens (primary N) is 1. The van der Waals surface area contributed by atoms with E-state index in [1.165, 1.54) is 12.3 Å². The van der Waals surface area contributed by atoms with Crippen molar-refractivity contribution in [2.45, 2.75) is 6.54 Å². The topological polar surface area (TPSA) is 61.0 Å². The first-order valence-electron chi connectivity index (χ1n) is 6.14. The second kappa shape index (κ2) is 5.22. The lowest BCUT2D eigenvalue weighted by Crippen LogP contribution is -1.98. The molecular formula is C15H12FN3O. The maximum atomic E-state index is 13.9. The van der Waals surface area contributed by atoms with Crippen LogP contribution in [0.2, 0.25) is 0 Å².